The Morgan fingerprint density at radius 3 is 2.48 bits per heavy atom. The van der Waals surface area contributed by atoms with Crippen LogP contribution in [0.15, 0.2) is 23.0 Å². The molecule has 1 fully saturated rings. The number of alkyl halides is 1. The fourth-order valence-electron chi connectivity index (χ4n) is 3.49. The Morgan fingerprint density at radius 2 is 1.95 bits per heavy atom. The number of hydrogen-bond acceptors (Lipinski definition) is 3. The van der Waals surface area contributed by atoms with Gasteiger partial charge in [-0.2, -0.15) is 0 Å². The van der Waals surface area contributed by atoms with E-state index >= 15 is 0 Å². The molecule has 1 unspecified atom stereocenters. The van der Waals surface area contributed by atoms with Crippen molar-refractivity contribution in [2.24, 2.45) is 16.7 Å². The summed E-state index contributed by atoms with van der Waals surface area (Å²) in [5.41, 5.74) is 1.15. The molecule has 0 radical (unpaired) electrons. The molecule has 4 heteroatoms. The predicted octanol–water partition coefficient (Wildman–Crippen LogP) is 3.82. The lowest BCUT2D eigenvalue weighted by Gasteiger charge is -2.49. The Morgan fingerprint density at radius 1 is 1.33 bits per heavy atom. The van der Waals surface area contributed by atoms with Gasteiger partial charge in [0.2, 0.25) is 0 Å². The van der Waals surface area contributed by atoms with Crippen LogP contribution < -0.4 is 0 Å². The summed E-state index contributed by atoms with van der Waals surface area (Å²) >= 11 is 3.16. The van der Waals surface area contributed by atoms with Gasteiger partial charge in [-0.05, 0) is 35.3 Å². The van der Waals surface area contributed by atoms with Crippen LogP contribution in [0.4, 0.5) is 0 Å². The number of Topliss-reactive ketones (excluding diaryl/α,β-unsaturated/α-hetero) is 2. The lowest BCUT2D eigenvalue weighted by atomic mass is 9.54. The first-order valence-corrected chi connectivity index (χ1v) is 8.41. The molecule has 2 aliphatic rings. The van der Waals surface area contributed by atoms with E-state index in [2.05, 4.69) is 43.6 Å². The fourth-order valence-corrected chi connectivity index (χ4v) is 3.77. The fraction of sp³-hybridized carbons (Fsp3) is 0.647. The van der Waals surface area contributed by atoms with E-state index in [-0.39, 0.29) is 39.2 Å². The Balaban J connectivity index is 2.65. The predicted molar refractivity (Wildman–Crippen MR) is 86.2 cm³/mol. The minimum absolute atomic E-state index is 0.0391. The number of hydrogen-bond donors (Lipinski definition) is 0. The molecular weight excluding hydrogens is 332 g/mol. The van der Waals surface area contributed by atoms with Gasteiger partial charge in [-0.1, -0.05) is 43.6 Å². The smallest absolute Gasteiger partial charge is 0.180 e. The van der Waals surface area contributed by atoms with Gasteiger partial charge in [0.15, 0.2) is 11.6 Å². The van der Waals surface area contributed by atoms with Crippen LogP contribution in [0.25, 0.3) is 0 Å². The second kappa shape index (κ2) is 5.38. The number of ether oxygens (including phenoxy) is 1. The number of ketones is 2. The average molecular weight is 355 g/mol. The Kier molecular flexibility index (Phi) is 4.22. The van der Waals surface area contributed by atoms with E-state index in [4.69, 9.17) is 4.74 Å². The lowest BCUT2D eigenvalue weighted by molar-refractivity contribution is -0.126. The normalized spacial score (nSPS) is 27.0. The van der Waals surface area contributed by atoms with Crippen molar-refractivity contribution in [2.75, 3.05) is 12.4 Å². The molecule has 0 aromatic carbocycles. The van der Waals surface area contributed by atoms with Crippen molar-refractivity contribution in [3.8, 4) is 0 Å². The van der Waals surface area contributed by atoms with E-state index in [1.807, 2.05) is 6.08 Å². The summed E-state index contributed by atoms with van der Waals surface area (Å²) in [6.07, 6.45) is 3.95. The first kappa shape index (κ1) is 16.5. The molecule has 1 saturated carbocycles. The maximum atomic E-state index is 13.0. The van der Waals surface area contributed by atoms with Gasteiger partial charge >= 0.3 is 0 Å². The third-order valence-electron chi connectivity index (χ3n) is 4.93. The standard InChI is InChI=1S/C17H23BrO3/c1-16(2)6-7-17(3,4)14-10(16)8-12(21-5)13(15(14)20)11(19)9-18/h8,14H,6-7,9H2,1-5H3. The highest BCUT2D eigenvalue weighted by atomic mass is 79.9. The Labute approximate surface area is 134 Å². The topological polar surface area (TPSA) is 43.4 Å². The number of methoxy groups -OCH3 is 1. The quantitative estimate of drug-likeness (QED) is 0.571. The van der Waals surface area contributed by atoms with E-state index in [1.165, 1.54) is 7.11 Å². The highest BCUT2D eigenvalue weighted by molar-refractivity contribution is 9.09. The highest BCUT2D eigenvalue weighted by Gasteiger charge is 2.50. The minimum atomic E-state index is -0.224. The van der Waals surface area contributed by atoms with Crippen molar-refractivity contribution in [2.45, 2.75) is 40.5 Å². The van der Waals surface area contributed by atoms with Gasteiger partial charge in [0.25, 0.3) is 0 Å². The summed E-state index contributed by atoms with van der Waals surface area (Å²) in [5.74, 6) is -0.0856. The van der Waals surface area contributed by atoms with Gasteiger partial charge in [-0.3, -0.25) is 9.59 Å². The average Bonchev–Trinajstić information content (AvgIpc) is 2.42. The Bertz CT molecular complexity index is 552. The summed E-state index contributed by atoms with van der Waals surface area (Å²) in [5, 5.41) is 0.140. The van der Waals surface area contributed by atoms with Gasteiger partial charge in [0, 0.05) is 5.92 Å². The molecule has 0 aliphatic heterocycles. The number of fused-ring (bicyclic) bond motifs is 1. The first-order chi connectivity index (χ1) is 9.65. The van der Waals surface area contributed by atoms with Crippen LogP contribution in [0.5, 0.6) is 0 Å². The number of carbonyl (C=O) groups excluding carboxylic acids is 2. The maximum Gasteiger partial charge on any atom is 0.180 e. The molecule has 0 aromatic heterocycles. The van der Waals surface area contributed by atoms with Gasteiger partial charge in [0.1, 0.15) is 11.3 Å². The molecule has 2 rings (SSSR count). The Hall–Kier alpha value is -0.900. The maximum absolute atomic E-state index is 13.0. The van der Waals surface area contributed by atoms with Crippen molar-refractivity contribution in [1.82, 2.24) is 0 Å². The molecule has 0 spiro atoms. The molecule has 0 N–H and O–H groups in total. The molecule has 2 aliphatic carbocycles. The minimum Gasteiger partial charge on any atom is -0.496 e. The SMILES string of the molecule is COC1=C(C(=O)CBr)C(=O)C2C(=C1)C(C)(C)CCC2(C)C. The van der Waals surface area contributed by atoms with E-state index in [0.717, 1.165) is 18.4 Å². The second-order valence-corrected chi connectivity index (χ2v) is 7.83. The molecule has 0 amide bonds. The summed E-state index contributed by atoms with van der Waals surface area (Å²) < 4.78 is 5.35. The van der Waals surface area contributed by atoms with Gasteiger partial charge in [0.05, 0.1) is 12.4 Å². The van der Waals surface area contributed by atoms with Gasteiger partial charge in [-0.25, -0.2) is 0 Å². The van der Waals surface area contributed by atoms with Crippen LogP contribution in [0.2, 0.25) is 0 Å². The van der Waals surface area contributed by atoms with Crippen LogP contribution >= 0.6 is 15.9 Å². The number of halogens is 1. The summed E-state index contributed by atoms with van der Waals surface area (Å²) in [6.45, 7) is 8.57. The van der Waals surface area contributed by atoms with Crippen LogP contribution in [0.3, 0.4) is 0 Å². The first-order valence-electron chi connectivity index (χ1n) is 7.29. The van der Waals surface area contributed by atoms with Gasteiger partial charge < -0.3 is 4.74 Å². The number of allylic oxidation sites excluding steroid dienone is 3. The van der Waals surface area contributed by atoms with Crippen LogP contribution in [-0.2, 0) is 14.3 Å². The van der Waals surface area contributed by atoms with Crippen molar-refractivity contribution >= 4 is 27.5 Å². The van der Waals surface area contributed by atoms with Gasteiger partial charge in [-0.15, -0.1) is 0 Å². The third-order valence-corrected chi connectivity index (χ3v) is 5.44. The van der Waals surface area contributed by atoms with E-state index < -0.39 is 0 Å². The largest absolute Gasteiger partial charge is 0.496 e. The molecule has 3 nitrogen and oxygen atoms in total. The van der Waals surface area contributed by atoms with Crippen molar-refractivity contribution in [3.63, 3.8) is 0 Å². The van der Waals surface area contributed by atoms with Crippen molar-refractivity contribution < 1.29 is 14.3 Å². The van der Waals surface area contributed by atoms with Crippen LogP contribution in [0.1, 0.15) is 40.5 Å². The molecular formula is C17H23BrO3. The summed E-state index contributed by atoms with van der Waals surface area (Å²) in [4.78, 5) is 25.2. The number of rotatable bonds is 3. The molecule has 116 valence electrons. The van der Waals surface area contributed by atoms with E-state index in [1.54, 1.807) is 0 Å². The van der Waals surface area contributed by atoms with Crippen molar-refractivity contribution in [1.29, 1.82) is 0 Å². The van der Waals surface area contributed by atoms with Crippen LogP contribution in [-0.4, -0.2) is 24.0 Å². The summed E-state index contributed by atoms with van der Waals surface area (Å²) in [6, 6.07) is 0. The molecule has 21 heavy (non-hydrogen) atoms. The zero-order chi connectivity index (χ0) is 16.0. The van der Waals surface area contributed by atoms with E-state index in [0.29, 0.717) is 5.76 Å². The van der Waals surface area contributed by atoms with Crippen LogP contribution in [0, 0.1) is 16.7 Å². The summed E-state index contributed by atoms with van der Waals surface area (Å²) in [7, 11) is 1.52. The molecule has 0 aromatic rings. The van der Waals surface area contributed by atoms with Crippen molar-refractivity contribution in [3.05, 3.63) is 23.0 Å². The van der Waals surface area contributed by atoms with E-state index in [9.17, 15) is 9.59 Å². The molecule has 1 atom stereocenters. The zero-order valence-corrected chi connectivity index (χ0v) is 15.0. The lowest BCUT2D eigenvalue weighted by Crippen LogP contribution is -2.45. The molecule has 0 bridgehead atoms. The number of carbonyl (C=O) groups is 2. The second-order valence-electron chi connectivity index (χ2n) is 7.27. The zero-order valence-electron chi connectivity index (χ0n) is 13.4. The third kappa shape index (κ3) is 2.63. The molecule has 0 heterocycles. The molecule has 0 saturated heterocycles. The highest BCUT2D eigenvalue weighted by Crippen LogP contribution is 2.55. The monoisotopic (exact) mass is 354 g/mol.